The van der Waals surface area contributed by atoms with Gasteiger partial charge in [0.05, 0.1) is 0 Å². The Balaban J connectivity index is 0.00000180. The molecular weight excluding hydrogens is 278 g/mol. The van der Waals surface area contributed by atoms with Crippen LogP contribution >= 0.6 is 23.7 Å². The van der Waals surface area contributed by atoms with Gasteiger partial charge in [-0.25, -0.2) is 4.98 Å². The van der Waals surface area contributed by atoms with Crippen LogP contribution in [0.1, 0.15) is 37.0 Å². The molecule has 3 nitrogen and oxygen atoms in total. The van der Waals surface area contributed by atoms with Crippen LogP contribution in [0.15, 0.2) is 18.9 Å². The molecule has 0 aliphatic heterocycles. The van der Waals surface area contributed by atoms with Gasteiger partial charge < -0.3 is 5.73 Å². The Kier molecular flexibility index (Phi) is 7.42. The highest BCUT2D eigenvalue weighted by Crippen LogP contribution is 2.25. The van der Waals surface area contributed by atoms with Gasteiger partial charge in [0.15, 0.2) is 5.13 Å². The van der Waals surface area contributed by atoms with E-state index in [1.807, 2.05) is 12.3 Å². The number of aromatic nitrogens is 1. The minimum atomic E-state index is 0. The summed E-state index contributed by atoms with van der Waals surface area (Å²) in [5.74, 6) is 0.865. The third-order valence-corrected chi connectivity index (χ3v) is 4.39. The highest BCUT2D eigenvalue weighted by atomic mass is 35.5. The summed E-state index contributed by atoms with van der Waals surface area (Å²) in [4.78, 5) is 7.84. The standard InChI is InChI=1S/C14H23N3S.ClH/c1-2-8-17(10-12-6-4-3-5-7-12)11-13-9-16-14(15)18-13;/h2,9,12H,1,3-8,10-11H2,(H2,15,16);1H. The molecule has 5 heteroatoms. The molecular formula is C14H24ClN3S. The van der Waals surface area contributed by atoms with Gasteiger partial charge in [-0.05, 0) is 18.8 Å². The number of rotatable bonds is 6. The first-order chi connectivity index (χ1) is 8.78. The van der Waals surface area contributed by atoms with Crippen molar-refractivity contribution in [3.8, 4) is 0 Å². The van der Waals surface area contributed by atoms with Crippen LogP contribution in [0.25, 0.3) is 0 Å². The number of anilines is 1. The van der Waals surface area contributed by atoms with Gasteiger partial charge in [0.2, 0.25) is 0 Å². The number of hydrogen-bond acceptors (Lipinski definition) is 4. The van der Waals surface area contributed by atoms with E-state index >= 15 is 0 Å². The molecule has 1 aromatic heterocycles. The van der Waals surface area contributed by atoms with Gasteiger partial charge >= 0.3 is 0 Å². The van der Waals surface area contributed by atoms with Crippen LogP contribution in [0.3, 0.4) is 0 Å². The lowest BCUT2D eigenvalue weighted by Crippen LogP contribution is -2.30. The fraction of sp³-hybridized carbons (Fsp3) is 0.643. The molecule has 2 N–H and O–H groups in total. The highest BCUT2D eigenvalue weighted by molar-refractivity contribution is 7.15. The van der Waals surface area contributed by atoms with Gasteiger partial charge in [-0.3, -0.25) is 4.90 Å². The minimum Gasteiger partial charge on any atom is -0.375 e. The zero-order chi connectivity index (χ0) is 12.8. The molecule has 2 rings (SSSR count). The Hall–Kier alpha value is -0.580. The molecule has 19 heavy (non-hydrogen) atoms. The maximum atomic E-state index is 5.68. The van der Waals surface area contributed by atoms with Crippen molar-refractivity contribution >= 4 is 28.9 Å². The number of nitrogen functional groups attached to an aromatic ring is 1. The number of halogens is 1. The second-order valence-corrected chi connectivity index (χ2v) is 6.30. The summed E-state index contributed by atoms with van der Waals surface area (Å²) in [5.41, 5.74) is 5.68. The van der Waals surface area contributed by atoms with Crippen molar-refractivity contribution in [3.63, 3.8) is 0 Å². The predicted molar refractivity (Wildman–Crippen MR) is 85.8 cm³/mol. The Labute approximate surface area is 126 Å². The van der Waals surface area contributed by atoms with Crippen LogP contribution in [0.5, 0.6) is 0 Å². The van der Waals surface area contributed by atoms with Crippen molar-refractivity contribution in [2.75, 3.05) is 18.8 Å². The van der Waals surface area contributed by atoms with Crippen LogP contribution in [-0.2, 0) is 6.54 Å². The van der Waals surface area contributed by atoms with E-state index in [0.717, 1.165) is 19.0 Å². The molecule has 108 valence electrons. The quantitative estimate of drug-likeness (QED) is 0.814. The van der Waals surface area contributed by atoms with Crippen molar-refractivity contribution < 1.29 is 0 Å². The lowest BCUT2D eigenvalue weighted by Gasteiger charge is -2.28. The lowest BCUT2D eigenvalue weighted by molar-refractivity contribution is 0.211. The smallest absolute Gasteiger partial charge is 0.180 e. The average molecular weight is 302 g/mol. The van der Waals surface area contributed by atoms with Crippen LogP contribution in [0.2, 0.25) is 0 Å². The van der Waals surface area contributed by atoms with Gasteiger partial charge in [0.1, 0.15) is 0 Å². The van der Waals surface area contributed by atoms with E-state index < -0.39 is 0 Å². The summed E-state index contributed by atoms with van der Waals surface area (Å²) in [5, 5.41) is 0.668. The predicted octanol–water partition coefficient (Wildman–Crippen LogP) is 3.72. The molecule has 0 bridgehead atoms. The highest BCUT2D eigenvalue weighted by Gasteiger charge is 2.17. The lowest BCUT2D eigenvalue weighted by atomic mass is 9.89. The van der Waals surface area contributed by atoms with Crippen molar-refractivity contribution in [1.82, 2.24) is 9.88 Å². The first-order valence-corrected chi connectivity index (χ1v) is 7.63. The van der Waals surface area contributed by atoms with E-state index in [9.17, 15) is 0 Å². The largest absolute Gasteiger partial charge is 0.375 e. The van der Waals surface area contributed by atoms with Gasteiger partial charge in [0.25, 0.3) is 0 Å². The molecule has 0 atom stereocenters. The Morgan fingerprint density at radius 1 is 1.42 bits per heavy atom. The van der Waals surface area contributed by atoms with E-state index in [1.165, 1.54) is 43.5 Å². The maximum absolute atomic E-state index is 5.68. The molecule has 1 aliphatic rings. The normalized spacial score (nSPS) is 16.3. The Bertz CT molecular complexity index is 375. The number of thiazole rings is 1. The molecule has 0 amide bonds. The molecule has 0 spiro atoms. The summed E-state index contributed by atoms with van der Waals surface area (Å²) < 4.78 is 0. The number of nitrogens with zero attached hydrogens (tertiary/aromatic N) is 2. The van der Waals surface area contributed by atoms with Crippen molar-refractivity contribution in [2.24, 2.45) is 5.92 Å². The third-order valence-electron chi connectivity index (χ3n) is 3.58. The summed E-state index contributed by atoms with van der Waals surface area (Å²) in [6.07, 6.45) is 10.9. The number of nitrogens with two attached hydrogens (primary N) is 1. The third kappa shape index (κ3) is 5.51. The van der Waals surface area contributed by atoms with E-state index in [2.05, 4.69) is 16.5 Å². The van der Waals surface area contributed by atoms with Crippen LogP contribution in [-0.4, -0.2) is 23.0 Å². The summed E-state index contributed by atoms with van der Waals surface area (Å²) >= 11 is 1.59. The fourth-order valence-electron chi connectivity index (χ4n) is 2.74. The van der Waals surface area contributed by atoms with Crippen LogP contribution in [0.4, 0.5) is 5.13 Å². The van der Waals surface area contributed by atoms with Crippen molar-refractivity contribution in [1.29, 1.82) is 0 Å². The second-order valence-electron chi connectivity index (χ2n) is 5.15. The SMILES string of the molecule is C=CCN(Cc1cnc(N)s1)CC1CCCCC1.Cl. The molecule has 0 aromatic carbocycles. The zero-order valence-electron chi connectivity index (χ0n) is 11.4. The van der Waals surface area contributed by atoms with Crippen LogP contribution in [0, 0.1) is 5.92 Å². The summed E-state index contributed by atoms with van der Waals surface area (Å²) in [7, 11) is 0. The molecule has 0 unspecified atom stereocenters. The first kappa shape index (κ1) is 16.5. The van der Waals surface area contributed by atoms with E-state index in [0.29, 0.717) is 5.13 Å². The maximum Gasteiger partial charge on any atom is 0.180 e. The zero-order valence-corrected chi connectivity index (χ0v) is 13.0. The summed E-state index contributed by atoms with van der Waals surface area (Å²) in [6.45, 7) is 6.95. The van der Waals surface area contributed by atoms with Gasteiger partial charge in [-0.2, -0.15) is 0 Å². The molecule has 1 aliphatic carbocycles. The Morgan fingerprint density at radius 3 is 2.74 bits per heavy atom. The molecule has 0 radical (unpaired) electrons. The molecule has 1 heterocycles. The fourth-order valence-corrected chi connectivity index (χ4v) is 3.46. The van der Waals surface area contributed by atoms with Gasteiger partial charge in [0, 0.05) is 30.7 Å². The van der Waals surface area contributed by atoms with E-state index in [-0.39, 0.29) is 12.4 Å². The molecule has 1 fully saturated rings. The number of hydrogen-bond donors (Lipinski definition) is 1. The first-order valence-electron chi connectivity index (χ1n) is 6.81. The minimum absolute atomic E-state index is 0. The van der Waals surface area contributed by atoms with Crippen molar-refractivity contribution in [2.45, 2.75) is 38.6 Å². The topological polar surface area (TPSA) is 42.2 Å². The molecule has 0 saturated heterocycles. The van der Waals surface area contributed by atoms with E-state index in [4.69, 9.17) is 5.73 Å². The monoisotopic (exact) mass is 301 g/mol. The van der Waals surface area contributed by atoms with Gasteiger partial charge in [-0.1, -0.05) is 25.3 Å². The van der Waals surface area contributed by atoms with Crippen LogP contribution < -0.4 is 5.73 Å². The average Bonchev–Trinajstić information content (AvgIpc) is 2.76. The second kappa shape index (κ2) is 8.56. The molecule has 1 saturated carbocycles. The van der Waals surface area contributed by atoms with E-state index in [1.54, 1.807) is 11.3 Å². The van der Waals surface area contributed by atoms with Gasteiger partial charge in [-0.15, -0.1) is 30.3 Å². The van der Waals surface area contributed by atoms with Crippen molar-refractivity contribution in [3.05, 3.63) is 23.7 Å². The molecule has 1 aromatic rings. The summed E-state index contributed by atoms with van der Waals surface area (Å²) in [6, 6.07) is 0. The Morgan fingerprint density at radius 2 is 2.16 bits per heavy atom.